The zero-order valence-electron chi connectivity index (χ0n) is 12.8. The van der Waals surface area contributed by atoms with Gasteiger partial charge < -0.3 is 9.73 Å². The second-order valence-corrected chi connectivity index (χ2v) is 6.43. The number of hydrogen-bond donors (Lipinski definition) is 1. The highest BCUT2D eigenvalue weighted by molar-refractivity contribution is 5.17. The van der Waals surface area contributed by atoms with Gasteiger partial charge in [0.05, 0.1) is 12.8 Å². The molecule has 3 heteroatoms. The lowest BCUT2D eigenvalue weighted by molar-refractivity contribution is 0.271. The van der Waals surface area contributed by atoms with Crippen LogP contribution < -0.4 is 5.32 Å². The van der Waals surface area contributed by atoms with Crippen molar-refractivity contribution >= 4 is 0 Å². The highest BCUT2D eigenvalue weighted by Gasteiger charge is 2.25. The Morgan fingerprint density at radius 2 is 2.16 bits per heavy atom. The van der Waals surface area contributed by atoms with Crippen LogP contribution in [0.1, 0.15) is 45.4 Å². The fraction of sp³-hybridized carbons (Fsp3) is 0.750. The van der Waals surface area contributed by atoms with Crippen molar-refractivity contribution in [3.63, 3.8) is 0 Å². The molecule has 1 aromatic rings. The van der Waals surface area contributed by atoms with E-state index in [1.165, 1.54) is 25.1 Å². The summed E-state index contributed by atoms with van der Waals surface area (Å²) in [5.41, 5.74) is 1.31. The van der Waals surface area contributed by atoms with Crippen molar-refractivity contribution in [2.75, 3.05) is 13.1 Å². The molecule has 1 N–H and O–H groups in total. The number of nitrogens with zero attached hydrogens (tertiary/aromatic N) is 1. The van der Waals surface area contributed by atoms with Gasteiger partial charge in [-0.05, 0) is 30.9 Å². The molecule has 19 heavy (non-hydrogen) atoms. The van der Waals surface area contributed by atoms with Gasteiger partial charge in [0.25, 0.3) is 0 Å². The molecule has 0 amide bonds. The Bertz CT molecular complexity index is 384. The highest BCUT2D eigenvalue weighted by Crippen LogP contribution is 2.25. The molecule has 0 radical (unpaired) electrons. The van der Waals surface area contributed by atoms with Crippen LogP contribution in [0.15, 0.2) is 16.7 Å². The third kappa shape index (κ3) is 4.08. The Kier molecular flexibility index (Phi) is 5.06. The summed E-state index contributed by atoms with van der Waals surface area (Å²) in [7, 11) is 0. The van der Waals surface area contributed by atoms with E-state index in [2.05, 4.69) is 44.0 Å². The van der Waals surface area contributed by atoms with Crippen LogP contribution in [0.25, 0.3) is 0 Å². The number of likely N-dealkylation sites (tertiary alicyclic amines) is 1. The lowest BCUT2D eigenvalue weighted by atomic mass is 9.95. The van der Waals surface area contributed by atoms with E-state index in [1.54, 1.807) is 0 Å². The van der Waals surface area contributed by atoms with Gasteiger partial charge in [0.1, 0.15) is 5.76 Å². The van der Waals surface area contributed by atoms with Crippen LogP contribution in [0.2, 0.25) is 0 Å². The number of rotatable bonds is 6. The minimum absolute atomic E-state index is 0.514. The van der Waals surface area contributed by atoms with Crippen LogP contribution in [0, 0.1) is 11.8 Å². The summed E-state index contributed by atoms with van der Waals surface area (Å²) in [6.07, 6.45) is 3.15. The molecule has 1 aromatic heterocycles. The molecule has 1 fully saturated rings. The maximum atomic E-state index is 5.67. The van der Waals surface area contributed by atoms with E-state index in [1.807, 2.05) is 6.26 Å². The van der Waals surface area contributed by atoms with Crippen LogP contribution in [0.5, 0.6) is 0 Å². The molecule has 2 heterocycles. The minimum Gasteiger partial charge on any atom is -0.468 e. The van der Waals surface area contributed by atoms with E-state index in [0.29, 0.717) is 6.04 Å². The Hall–Kier alpha value is -0.800. The van der Waals surface area contributed by atoms with E-state index in [-0.39, 0.29) is 0 Å². The molecule has 108 valence electrons. The molecule has 3 nitrogen and oxygen atoms in total. The van der Waals surface area contributed by atoms with Gasteiger partial charge in [-0.1, -0.05) is 27.7 Å². The van der Waals surface area contributed by atoms with E-state index in [0.717, 1.165) is 30.7 Å². The minimum atomic E-state index is 0.514. The molecule has 1 aliphatic rings. The first-order valence-electron chi connectivity index (χ1n) is 7.57. The summed E-state index contributed by atoms with van der Waals surface area (Å²) < 4.78 is 5.67. The average Bonchev–Trinajstić information content (AvgIpc) is 2.96. The van der Waals surface area contributed by atoms with Gasteiger partial charge in [0.2, 0.25) is 0 Å². The van der Waals surface area contributed by atoms with Crippen molar-refractivity contribution in [3.05, 3.63) is 23.7 Å². The largest absolute Gasteiger partial charge is 0.468 e. The fourth-order valence-corrected chi connectivity index (χ4v) is 2.73. The number of nitrogens with one attached hydrogen (secondary N) is 1. The lowest BCUT2D eigenvalue weighted by Gasteiger charge is -2.17. The quantitative estimate of drug-likeness (QED) is 0.855. The smallest absolute Gasteiger partial charge is 0.122 e. The molecule has 0 spiro atoms. The van der Waals surface area contributed by atoms with Gasteiger partial charge in [-0.3, -0.25) is 4.90 Å². The Morgan fingerprint density at radius 1 is 1.37 bits per heavy atom. The first-order valence-corrected chi connectivity index (χ1v) is 7.57. The zero-order valence-corrected chi connectivity index (χ0v) is 12.8. The van der Waals surface area contributed by atoms with Gasteiger partial charge in [0, 0.05) is 24.7 Å². The number of furan rings is 1. The van der Waals surface area contributed by atoms with Gasteiger partial charge >= 0.3 is 0 Å². The summed E-state index contributed by atoms with van der Waals surface area (Å²) in [4.78, 5) is 2.53. The molecule has 0 aromatic carbocycles. The molecule has 1 aliphatic heterocycles. The van der Waals surface area contributed by atoms with E-state index in [9.17, 15) is 0 Å². The fourth-order valence-electron chi connectivity index (χ4n) is 2.73. The molecular formula is C16H28N2O. The summed E-state index contributed by atoms with van der Waals surface area (Å²) in [5.74, 6) is 2.79. The summed E-state index contributed by atoms with van der Waals surface area (Å²) in [6.45, 7) is 13.3. The third-order valence-corrected chi connectivity index (χ3v) is 4.16. The van der Waals surface area contributed by atoms with Gasteiger partial charge in [0.15, 0.2) is 0 Å². The summed E-state index contributed by atoms with van der Waals surface area (Å²) >= 11 is 0. The first kappa shape index (κ1) is 14.6. The van der Waals surface area contributed by atoms with Gasteiger partial charge in [-0.2, -0.15) is 0 Å². The van der Waals surface area contributed by atoms with Crippen LogP contribution >= 0.6 is 0 Å². The van der Waals surface area contributed by atoms with Crippen LogP contribution in [0.3, 0.4) is 0 Å². The van der Waals surface area contributed by atoms with Crippen molar-refractivity contribution in [3.8, 4) is 0 Å². The Morgan fingerprint density at radius 3 is 2.79 bits per heavy atom. The van der Waals surface area contributed by atoms with Crippen molar-refractivity contribution in [1.82, 2.24) is 10.2 Å². The average molecular weight is 264 g/mol. The van der Waals surface area contributed by atoms with Crippen LogP contribution in [-0.4, -0.2) is 24.0 Å². The Labute approximate surface area is 117 Å². The van der Waals surface area contributed by atoms with Gasteiger partial charge in [-0.25, -0.2) is 0 Å². The normalized spacial score (nSPS) is 20.8. The SMILES string of the molecule is CC(C)NCc1ccoc1CN1CCC(C(C)C)C1. The summed E-state index contributed by atoms with van der Waals surface area (Å²) in [6, 6.07) is 2.61. The first-order chi connectivity index (χ1) is 9.06. The molecule has 1 saturated heterocycles. The van der Waals surface area contributed by atoms with Gasteiger partial charge in [-0.15, -0.1) is 0 Å². The number of hydrogen-bond acceptors (Lipinski definition) is 3. The van der Waals surface area contributed by atoms with Crippen LogP contribution in [0.4, 0.5) is 0 Å². The highest BCUT2D eigenvalue weighted by atomic mass is 16.3. The molecular weight excluding hydrogens is 236 g/mol. The van der Waals surface area contributed by atoms with E-state index < -0.39 is 0 Å². The predicted molar refractivity (Wildman–Crippen MR) is 78.9 cm³/mol. The van der Waals surface area contributed by atoms with Crippen molar-refractivity contribution in [1.29, 1.82) is 0 Å². The maximum absolute atomic E-state index is 5.67. The summed E-state index contributed by atoms with van der Waals surface area (Å²) in [5, 5.41) is 3.46. The molecule has 0 aliphatic carbocycles. The molecule has 2 rings (SSSR count). The second-order valence-electron chi connectivity index (χ2n) is 6.43. The molecule has 0 saturated carbocycles. The second kappa shape index (κ2) is 6.58. The molecule has 0 bridgehead atoms. The standard InChI is InChI=1S/C16H28N2O/c1-12(2)15-5-7-18(10-15)11-16-14(6-8-19-16)9-17-13(3)4/h6,8,12-13,15,17H,5,7,9-11H2,1-4H3. The van der Waals surface area contributed by atoms with Crippen molar-refractivity contribution < 1.29 is 4.42 Å². The Balaban J connectivity index is 1.88. The molecule has 1 atom stereocenters. The van der Waals surface area contributed by atoms with E-state index >= 15 is 0 Å². The third-order valence-electron chi connectivity index (χ3n) is 4.16. The maximum Gasteiger partial charge on any atom is 0.122 e. The zero-order chi connectivity index (χ0) is 13.8. The predicted octanol–water partition coefficient (Wildman–Crippen LogP) is 3.26. The van der Waals surface area contributed by atoms with Crippen molar-refractivity contribution in [2.45, 2.75) is 53.2 Å². The van der Waals surface area contributed by atoms with E-state index in [4.69, 9.17) is 4.42 Å². The monoisotopic (exact) mass is 264 g/mol. The topological polar surface area (TPSA) is 28.4 Å². The lowest BCUT2D eigenvalue weighted by Crippen LogP contribution is -2.24. The molecule has 1 unspecified atom stereocenters. The van der Waals surface area contributed by atoms with Crippen LogP contribution in [-0.2, 0) is 13.1 Å². The van der Waals surface area contributed by atoms with Crippen molar-refractivity contribution in [2.24, 2.45) is 11.8 Å².